The van der Waals surface area contributed by atoms with E-state index in [4.69, 9.17) is 0 Å². The van der Waals surface area contributed by atoms with Crippen molar-refractivity contribution < 1.29 is 4.79 Å². The first-order valence-electron chi connectivity index (χ1n) is 7.37. The van der Waals surface area contributed by atoms with Gasteiger partial charge in [0.05, 0.1) is 10.6 Å². The SMILES string of the molecule is CCn1c(SCC(=O)NC(C)(C)CC)nnc1-c1cccs1. The second kappa shape index (κ2) is 7.28. The summed E-state index contributed by atoms with van der Waals surface area (Å²) in [7, 11) is 0. The van der Waals surface area contributed by atoms with Crippen LogP contribution >= 0.6 is 23.1 Å². The second-order valence-corrected chi connectivity index (χ2v) is 7.49. The molecule has 1 amide bonds. The fourth-order valence-corrected chi connectivity index (χ4v) is 3.42. The van der Waals surface area contributed by atoms with Crippen molar-refractivity contribution in [2.24, 2.45) is 0 Å². The Bertz CT molecular complexity index is 620. The molecule has 0 spiro atoms. The molecule has 0 radical (unpaired) electrons. The fourth-order valence-electron chi connectivity index (χ4n) is 1.90. The molecule has 5 nitrogen and oxygen atoms in total. The third kappa shape index (κ3) is 4.10. The van der Waals surface area contributed by atoms with Crippen molar-refractivity contribution in [2.75, 3.05) is 5.75 Å². The van der Waals surface area contributed by atoms with Gasteiger partial charge in [-0.05, 0) is 38.6 Å². The van der Waals surface area contributed by atoms with Crippen LogP contribution in [0, 0.1) is 0 Å². The minimum absolute atomic E-state index is 0.0279. The number of thiophene rings is 1. The fraction of sp³-hybridized carbons (Fsp3) is 0.533. The number of carbonyl (C=O) groups excluding carboxylic acids is 1. The standard InChI is InChI=1S/C15H22N4OS2/c1-5-15(3,4)16-12(20)10-22-14-18-17-13(19(14)6-2)11-8-7-9-21-11/h7-9H,5-6,10H2,1-4H3,(H,16,20). The number of carbonyl (C=O) groups is 1. The van der Waals surface area contributed by atoms with Gasteiger partial charge in [-0.2, -0.15) is 0 Å². The van der Waals surface area contributed by atoms with Crippen molar-refractivity contribution in [3.63, 3.8) is 0 Å². The van der Waals surface area contributed by atoms with Crippen molar-refractivity contribution in [3.8, 4) is 10.7 Å². The van der Waals surface area contributed by atoms with E-state index < -0.39 is 0 Å². The Hall–Kier alpha value is -1.34. The number of hydrogen-bond acceptors (Lipinski definition) is 5. The summed E-state index contributed by atoms with van der Waals surface area (Å²) in [6.07, 6.45) is 0.900. The molecule has 0 bridgehead atoms. The maximum absolute atomic E-state index is 12.0. The molecule has 2 aromatic heterocycles. The van der Waals surface area contributed by atoms with Crippen LogP contribution in [0.1, 0.15) is 34.1 Å². The molecule has 2 heterocycles. The number of aromatic nitrogens is 3. The highest BCUT2D eigenvalue weighted by Gasteiger charge is 2.19. The van der Waals surface area contributed by atoms with Gasteiger partial charge in [0, 0.05) is 12.1 Å². The average molecular weight is 339 g/mol. The molecule has 7 heteroatoms. The van der Waals surface area contributed by atoms with Crippen molar-refractivity contribution in [1.82, 2.24) is 20.1 Å². The minimum atomic E-state index is -0.168. The molecule has 2 aromatic rings. The van der Waals surface area contributed by atoms with Gasteiger partial charge < -0.3 is 9.88 Å². The molecule has 0 saturated carbocycles. The number of hydrogen-bond donors (Lipinski definition) is 1. The van der Waals surface area contributed by atoms with Gasteiger partial charge >= 0.3 is 0 Å². The lowest BCUT2D eigenvalue weighted by Crippen LogP contribution is -2.43. The molecule has 0 aliphatic rings. The highest BCUT2D eigenvalue weighted by molar-refractivity contribution is 7.99. The normalized spacial score (nSPS) is 11.6. The maximum Gasteiger partial charge on any atom is 0.230 e. The van der Waals surface area contributed by atoms with Gasteiger partial charge in [-0.25, -0.2) is 0 Å². The molecule has 0 fully saturated rings. The first-order valence-corrected chi connectivity index (χ1v) is 9.24. The number of nitrogens with zero attached hydrogens (tertiary/aromatic N) is 3. The molecular formula is C15H22N4OS2. The maximum atomic E-state index is 12.0. The average Bonchev–Trinajstić information content (AvgIpc) is 3.13. The Kier molecular flexibility index (Phi) is 5.63. The Morgan fingerprint density at radius 2 is 2.18 bits per heavy atom. The van der Waals surface area contributed by atoms with Crippen LogP contribution in [0.3, 0.4) is 0 Å². The molecular weight excluding hydrogens is 316 g/mol. The van der Waals surface area contributed by atoms with Gasteiger partial charge in [0.1, 0.15) is 0 Å². The molecule has 1 N–H and O–H groups in total. The lowest BCUT2D eigenvalue weighted by atomic mass is 10.0. The van der Waals surface area contributed by atoms with Crippen LogP contribution in [0.4, 0.5) is 0 Å². The molecule has 0 saturated heterocycles. The van der Waals surface area contributed by atoms with E-state index >= 15 is 0 Å². The minimum Gasteiger partial charge on any atom is -0.351 e. The van der Waals surface area contributed by atoms with Gasteiger partial charge in [-0.3, -0.25) is 4.79 Å². The number of rotatable bonds is 7. The van der Waals surface area contributed by atoms with Gasteiger partial charge in [0.2, 0.25) is 5.91 Å². The topological polar surface area (TPSA) is 59.8 Å². The lowest BCUT2D eigenvalue weighted by Gasteiger charge is -2.24. The van der Waals surface area contributed by atoms with Crippen LogP contribution in [0.25, 0.3) is 10.7 Å². The smallest absolute Gasteiger partial charge is 0.230 e. The molecule has 120 valence electrons. The van der Waals surface area contributed by atoms with E-state index in [0.29, 0.717) is 5.75 Å². The van der Waals surface area contributed by atoms with Gasteiger partial charge in [0.25, 0.3) is 0 Å². The second-order valence-electron chi connectivity index (χ2n) is 5.60. The zero-order chi connectivity index (χ0) is 16.2. The van der Waals surface area contributed by atoms with E-state index in [-0.39, 0.29) is 11.4 Å². The van der Waals surface area contributed by atoms with Crippen LogP contribution in [0.5, 0.6) is 0 Å². The summed E-state index contributed by atoms with van der Waals surface area (Å²) in [5.74, 6) is 1.25. The predicted octanol–water partition coefficient (Wildman–Crippen LogP) is 3.42. The number of amides is 1. The summed E-state index contributed by atoms with van der Waals surface area (Å²) < 4.78 is 2.05. The zero-order valence-electron chi connectivity index (χ0n) is 13.4. The Morgan fingerprint density at radius 1 is 1.41 bits per heavy atom. The van der Waals surface area contributed by atoms with Crippen LogP contribution in [-0.4, -0.2) is 32.0 Å². The van der Waals surface area contributed by atoms with E-state index in [2.05, 4.69) is 33.9 Å². The Balaban J connectivity index is 2.03. The molecule has 2 rings (SSSR count). The summed E-state index contributed by atoms with van der Waals surface area (Å²) in [6, 6.07) is 4.04. The highest BCUT2D eigenvalue weighted by Crippen LogP contribution is 2.27. The predicted molar refractivity (Wildman–Crippen MR) is 92.2 cm³/mol. The van der Waals surface area contributed by atoms with Crippen molar-refractivity contribution in [2.45, 2.75) is 51.4 Å². The van der Waals surface area contributed by atoms with Crippen molar-refractivity contribution in [1.29, 1.82) is 0 Å². The first kappa shape index (κ1) is 17.0. The van der Waals surface area contributed by atoms with Crippen molar-refractivity contribution in [3.05, 3.63) is 17.5 Å². The highest BCUT2D eigenvalue weighted by atomic mass is 32.2. The Labute approximate surface area is 139 Å². The molecule has 0 atom stereocenters. The lowest BCUT2D eigenvalue weighted by molar-refractivity contribution is -0.120. The number of nitrogens with one attached hydrogen (secondary N) is 1. The van der Waals surface area contributed by atoms with E-state index in [1.54, 1.807) is 11.3 Å². The van der Waals surface area contributed by atoms with E-state index in [1.807, 2.05) is 31.4 Å². The van der Waals surface area contributed by atoms with Gasteiger partial charge in [-0.1, -0.05) is 24.8 Å². The summed E-state index contributed by atoms with van der Waals surface area (Å²) in [5, 5.41) is 14.3. The Morgan fingerprint density at radius 3 is 2.77 bits per heavy atom. The van der Waals surface area contributed by atoms with Gasteiger partial charge in [0.15, 0.2) is 11.0 Å². The molecule has 0 aliphatic heterocycles. The quantitative estimate of drug-likeness (QED) is 0.786. The van der Waals surface area contributed by atoms with Crippen LogP contribution in [-0.2, 0) is 11.3 Å². The van der Waals surface area contributed by atoms with E-state index in [0.717, 1.165) is 28.8 Å². The van der Waals surface area contributed by atoms with E-state index in [1.165, 1.54) is 11.8 Å². The van der Waals surface area contributed by atoms with Crippen LogP contribution < -0.4 is 5.32 Å². The summed E-state index contributed by atoms with van der Waals surface area (Å²) in [6.45, 7) is 8.96. The number of thioether (sulfide) groups is 1. The third-order valence-electron chi connectivity index (χ3n) is 3.47. The third-order valence-corrected chi connectivity index (χ3v) is 5.30. The molecule has 0 aliphatic carbocycles. The van der Waals surface area contributed by atoms with Crippen LogP contribution in [0.2, 0.25) is 0 Å². The van der Waals surface area contributed by atoms with Gasteiger partial charge in [-0.15, -0.1) is 21.5 Å². The summed E-state index contributed by atoms with van der Waals surface area (Å²) >= 11 is 3.07. The molecule has 22 heavy (non-hydrogen) atoms. The van der Waals surface area contributed by atoms with Crippen molar-refractivity contribution >= 4 is 29.0 Å². The van der Waals surface area contributed by atoms with Crippen LogP contribution in [0.15, 0.2) is 22.7 Å². The monoisotopic (exact) mass is 338 g/mol. The summed E-state index contributed by atoms with van der Waals surface area (Å²) in [4.78, 5) is 13.1. The largest absolute Gasteiger partial charge is 0.351 e. The summed E-state index contributed by atoms with van der Waals surface area (Å²) in [5.41, 5.74) is -0.168. The first-order chi connectivity index (χ1) is 10.5. The molecule has 0 aromatic carbocycles. The zero-order valence-corrected chi connectivity index (χ0v) is 15.1. The van der Waals surface area contributed by atoms with E-state index in [9.17, 15) is 4.79 Å². The molecule has 0 unspecified atom stereocenters.